The molecule has 26 heavy (non-hydrogen) atoms. The maximum absolute atomic E-state index is 11.9. The fourth-order valence-electron chi connectivity index (χ4n) is 2.98. The summed E-state index contributed by atoms with van der Waals surface area (Å²) in [6, 6.07) is 14.7. The number of phenolic OH excluding ortho intramolecular Hbond substituents is 1. The Bertz CT molecular complexity index is 1230. The van der Waals surface area contributed by atoms with Crippen molar-refractivity contribution in [2.45, 2.75) is 0 Å². The number of nitrogens with one attached hydrogen (secondary N) is 1. The third-order valence-electron chi connectivity index (χ3n) is 4.27. The Balaban J connectivity index is 1.86. The van der Waals surface area contributed by atoms with Crippen LogP contribution in [0.5, 0.6) is 11.5 Å². The van der Waals surface area contributed by atoms with Gasteiger partial charge in [-0.25, -0.2) is 0 Å². The second kappa shape index (κ2) is 6.10. The van der Waals surface area contributed by atoms with Gasteiger partial charge in [-0.05, 0) is 17.2 Å². The van der Waals surface area contributed by atoms with E-state index in [9.17, 15) is 15.0 Å². The van der Waals surface area contributed by atoms with Gasteiger partial charge in [0, 0.05) is 16.5 Å². The summed E-state index contributed by atoms with van der Waals surface area (Å²) < 4.78 is 0. The molecular weight excluding hydrogens is 346 g/mol. The standard InChI is InChI=1S/C21H13NO3S/c1-2-14-19(24)18-16(11-26-21(18)22-20(14)25)13-9-7-12(8-10-13)15-5-3-4-6-17(15)23/h1,3-11,23H,(H2,22,24,25). The number of benzene rings is 2. The summed E-state index contributed by atoms with van der Waals surface area (Å²) in [5, 5.41) is 22.8. The highest BCUT2D eigenvalue weighted by Crippen LogP contribution is 2.39. The lowest BCUT2D eigenvalue weighted by Crippen LogP contribution is -2.09. The van der Waals surface area contributed by atoms with Crippen molar-refractivity contribution < 1.29 is 10.2 Å². The Morgan fingerprint density at radius 2 is 1.62 bits per heavy atom. The minimum atomic E-state index is -0.471. The van der Waals surface area contributed by atoms with Crippen molar-refractivity contribution in [1.82, 2.24) is 4.98 Å². The first-order valence-corrected chi connectivity index (χ1v) is 8.70. The first-order chi connectivity index (χ1) is 12.6. The molecule has 3 N–H and O–H groups in total. The topological polar surface area (TPSA) is 73.3 Å². The number of aromatic nitrogens is 1. The minimum absolute atomic E-state index is 0.0667. The highest BCUT2D eigenvalue weighted by atomic mass is 32.1. The Morgan fingerprint density at radius 1 is 0.962 bits per heavy atom. The van der Waals surface area contributed by atoms with E-state index in [-0.39, 0.29) is 17.1 Å². The van der Waals surface area contributed by atoms with E-state index in [1.165, 1.54) is 11.3 Å². The number of pyridine rings is 1. The van der Waals surface area contributed by atoms with E-state index in [0.717, 1.165) is 22.3 Å². The first-order valence-electron chi connectivity index (χ1n) is 7.82. The molecule has 0 unspecified atom stereocenters. The molecule has 0 atom stereocenters. The monoisotopic (exact) mass is 359 g/mol. The van der Waals surface area contributed by atoms with Crippen LogP contribution >= 0.6 is 11.3 Å². The number of aromatic amines is 1. The van der Waals surface area contributed by atoms with Gasteiger partial charge in [-0.3, -0.25) is 4.79 Å². The molecule has 4 nitrogen and oxygen atoms in total. The summed E-state index contributed by atoms with van der Waals surface area (Å²) in [5.74, 6) is 2.29. The number of para-hydroxylation sites is 1. The zero-order valence-electron chi connectivity index (χ0n) is 13.5. The molecule has 0 fully saturated rings. The van der Waals surface area contributed by atoms with Crippen molar-refractivity contribution in [3.05, 3.63) is 69.8 Å². The number of hydrogen-bond acceptors (Lipinski definition) is 4. The quantitative estimate of drug-likeness (QED) is 0.467. The Kier molecular flexibility index (Phi) is 3.76. The molecule has 2 heterocycles. The normalized spacial score (nSPS) is 10.7. The number of rotatable bonds is 2. The molecule has 4 rings (SSSR count). The molecule has 0 bridgehead atoms. The average Bonchev–Trinajstić information content (AvgIpc) is 3.06. The molecule has 4 aromatic rings. The summed E-state index contributed by atoms with van der Waals surface area (Å²) in [6.45, 7) is 0. The van der Waals surface area contributed by atoms with Gasteiger partial charge in [0.15, 0.2) is 0 Å². The molecule has 0 saturated heterocycles. The molecule has 2 aromatic heterocycles. The van der Waals surface area contributed by atoms with Crippen LogP contribution in [0.4, 0.5) is 0 Å². The third-order valence-corrected chi connectivity index (χ3v) is 5.17. The van der Waals surface area contributed by atoms with Gasteiger partial charge in [0.1, 0.15) is 21.9 Å². The number of phenols is 1. The predicted octanol–water partition coefficient (Wildman–Crippen LogP) is 4.32. The van der Waals surface area contributed by atoms with Crippen LogP contribution in [0.1, 0.15) is 5.56 Å². The largest absolute Gasteiger partial charge is 0.507 e. The first kappa shape index (κ1) is 16.0. The van der Waals surface area contributed by atoms with Crippen LogP contribution in [-0.2, 0) is 0 Å². The van der Waals surface area contributed by atoms with Crippen LogP contribution < -0.4 is 5.56 Å². The van der Waals surface area contributed by atoms with E-state index in [1.54, 1.807) is 12.1 Å². The molecule has 2 aromatic carbocycles. The van der Waals surface area contributed by atoms with Crippen molar-refractivity contribution in [3.63, 3.8) is 0 Å². The molecule has 0 radical (unpaired) electrons. The lowest BCUT2D eigenvalue weighted by molar-refractivity contribution is 0.477. The van der Waals surface area contributed by atoms with Crippen LogP contribution in [0.15, 0.2) is 58.7 Å². The summed E-state index contributed by atoms with van der Waals surface area (Å²) >= 11 is 1.34. The Labute approximate surface area is 153 Å². The molecule has 5 heteroatoms. The lowest BCUT2D eigenvalue weighted by Gasteiger charge is -2.07. The molecule has 0 spiro atoms. The smallest absolute Gasteiger partial charge is 0.268 e. The second-order valence-corrected chi connectivity index (χ2v) is 6.65. The van der Waals surface area contributed by atoms with Gasteiger partial charge >= 0.3 is 0 Å². The van der Waals surface area contributed by atoms with Crippen LogP contribution in [0.3, 0.4) is 0 Å². The summed E-state index contributed by atoms with van der Waals surface area (Å²) in [5.41, 5.74) is 2.76. The Hall–Kier alpha value is -3.49. The summed E-state index contributed by atoms with van der Waals surface area (Å²) in [4.78, 5) is 15.2. The highest BCUT2D eigenvalue weighted by molar-refractivity contribution is 7.17. The van der Waals surface area contributed by atoms with Crippen molar-refractivity contribution in [2.75, 3.05) is 0 Å². The summed E-state index contributed by atoms with van der Waals surface area (Å²) in [7, 11) is 0. The fraction of sp³-hybridized carbons (Fsp3) is 0. The van der Waals surface area contributed by atoms with E-state index in [2.05, 4.69) is 10.9 Å². The van der Waals surface area contributed by atoms with E-state index in [0.29, 0.717) is 10.2 Å². The zero-order valence-corrected chi connectivity index (χ0v) is 14.3. The number of terminal acetylenes is 1. The van der Waals surface area contributed by atoms with Crippen LogP contribution in [0, 0.1) is 12.3 Å². The number of fused-ring (bicyclic) bond motifs is 1. The maximum Gasteiger partial charge on any atom is 0.268 e. The fourth-order valence-corrected chi connectivity index (χ4v) is 3.94. The molecule has 0 aliphatic heterocycles. The van der Waals surface area contributed by atoms with Gasteiger partial charge in [-0.2, -0.15) is 0 Å². The van der Waals surface area contributed by atoms with Crippen molar-refractivity contribution >= 4 is 21.6 Å². The van der Waals surface area contributed by atoms with Crippen molar-refractivity contribution in [2.24, 2.45) is 0 Å². The number of H-pyrrole nitrogens is 1. The molecule has 0 aliphatic rings. The van der Waals surface area contributed by atoms with E-state index >= 15 is 0 Å². The number of hydrogen-bond donors (Lipinski definition) is 3. The van der Waals surface area contributed by atoms with E-state index < -0.39 is 5.56 Å². The highest BCUT2D eigenvalue weighted by Gasteiger charge is 2.16. The van der Waals surface area contributed by atoms with Gasteiger partial charge < -0.3 is 15.2 Å². The van der Waals surface area contributed by atoms with Gasteiger partial charge in [0.2, 0.25) is 0 Å². The molecule has 0 aliphatic carbocycles. The lowest BCUT2D eigenvalue weighted by atomic mass is 9.99. The molecule has 126 valence electrons. The van der Waals surface area contributed by atoms with Crippen LogP contribution in [0.25, 0.3) is 32.5 Å². The van der Waals surface area contributed by atoms with Gasteiger partial charge in [-0.1, -0.05) is 48.4 Å². The van der Waals surface area contributed by atoms with Crippen molar-refractivity contribution in [3.8, 4) is 46.1 Å². The third kappa shape index (κ3) is 2.44. The van der Waals surface area contributed by atoms with Gasteiger partial charge in [0.05, 0.1) is 5.39 Å². The SMILES string of the molecule is C#Cc1c(O)c2c(-c3ccc(-c4ccccc4O)cc3)csc2[nH]c1=O. The second-order valence-electron chi connectivity index (χ2n) is 5.77. The van der Waals surface area contributed by atoms with Crippen LogP contribution in [0.2, 0.25) is 0 Å². The molecular formula is C21H13NO3S. The maximum atomic E-state index is 11.9. The minimum Gasteiger partial charge on any atom is -0.507 e. The van der Waals surface area contributed by atoms with Crippen molar-refractivity contribution in [1.29, 1.82) is 0 Å². The predicted molar refractivity (Wildman–Crippen MR) is 105 cm³/mol. The zero-order chi connectivity index (χ0) is 18.3. The van der Waals surface area contributed by atoms with Crippen LogP contribution in [-0.4, -0.2) is 15.2 Å². The average molecular weight is 359 g/mol. The van der Waals surface area contributed by atoms with E-state index in [4.69, 9.17) is 6.42 Å². The van der Waals surface area contributed by atoms with E-state index in [1.807, 2.05) is 41.8 Å². The van der Waals surface area contributed by atoms with Gasteiger partial charge in [-0.15, -0.1) is 17.8 Å². The number of aromatic hydroxyl groups is 2. The van der Waals surface area contributed by atoms with Gasteiger partial charge in [0.25, 0.3) is 5.56 Å². The molecule has 0 amide bonds. The molecule has 0 saturated carbocycles. The number of thiophene rings is 1. The Morgan fingerprint density at radius 3 is 2.27 bits per heavy atom. The summed E-state index contributed by atoms with van der Waals surface area (Å²) in [6.07, 6.45) is 5.35.